The van der Waals surface area contributed by atoms with Crippen molar-refractivity contribution in [3.63, 3.8) is 0 Å². The molecule has 5 unspecified atom stereocenters. The van der Waals surface area contributed by atoms with Gasteiger partial charge in [-0.1, -0.05) is 42.7 Å². The molecule has 13 N–H and O–H groups in total. The summed E-state index contributed by atoms with van der Waals surface area (Å²) in [5.74, 6) is 3.28. The molecule has 1 aromatic carbocycles. The molecule has 29 heteroatoms. The highest BCUT2D eigenvalue weighted by Crippen LogP contribution is 2.66. The fourth-order valence-corrected chi connectivity index (χ4v) is 9.21. The number of benzene rings is 1. The van der Waals surface area contributed by atoms with Crippen molar-refractivity contribution in [2.45, 2.75) is 50.8 Å². The first kappa shape index (κ1) is 54.6. The topological polar surface area (TPSA) is 404 Å². The van der Waals surface area contributed by atoms with Gasteiger partial charge in [0.05, 0.1) is 48.5 Å². The SMILES string of the molecule is C=C/C(=C(\C=C/NC(=O)COCCOCCN)C(=O)OCC#Cc1cn([C@H]2C[C@@H](OC(=O)c3ccccc3C(C)N)C(COP(=O)(O)OP(=O)(O)OP(=O)(O)O)O2)c2ncnc(N)c12)C(C)N. The van der Waals surface area contributed by atoms with Crippen LogP contribution < -0.4 is 28.3 Å². The van der Waals surface area contributed by atoms with Gasteiger partial charge in [0, 0.05) is 37.4 Å². The Morgan fingerprint density at radius 2 is 1.76 bits per heavy atom. The van der Waals surface area contributed by atoms with Crippen LogP contribution in [0.1, 0.15) is 54.0 Å². The Labute approximate surface area is 383 Å². The lowest BCUT2D eigenvalue weighted by atomic mass is 10.0. The highest BCUT2D eigenvalue weighted by atomic mass is 31.3. The molecule has 1 saturated heterocycles. The molecular formula is C38H51N8O18P3. The van der Waals surface area contributed by atoms with Crippen LogP contribution in [0.5, 0.6) is 0 Å². The van der Waals surface area contributed by atoms with Crippen LogP contribution in [-0.4, -0.2) is 116 Å². The number of rotatable bonds is 24. The van der Waals surface area contributed by atoms with E-state index < -0.39 is 85.0 Å². The number of esters is 2. The van der Waals surface area contributed by atoms with Crippen molar-refractivity contribution >= 4 is 58.2 Å². The van der Waals surface area contributed by atoms with E-state index in [4.69, 9.17) is 60.9 Å². The number of hydrogen-bond donors (Lipinski definition) is 9. The van der Waals surface area contributed by atoms with Gasteiger partial charge in [-0.05, 0) is 37.1 Å². The van der Waals surface area contributed by atoms with Crippen molar-refractivity contribution in [2.24, 2.45) is 17.2 Å². The Morgan fingerprint density at radius 1 is 1.04 bits per heavy atom. The summed E-state index contributed by atoms with van der Waals surface area (Å²) in [5, 5.41) is 2.70. The molecule has 4 rings (SSSR count). The van der Waals surface area contributed by atoms with E-state index in [1.807, 2.05) is 0 Å². The Balaban J connectivity index is 1.57. The number of phosphoric acid groups is 3. The molecule has 2 aromatic heterocycles. The second-order valence-corrected chi connectivity index (χ2v) is 18.5. The van der Waals surface area contributed by atoms with Crippen molar-refractivity contribution in [3.8, 4) is 11.8 Å². The Kier molecular flexibility index (Phi) is 20.3. The van der Waals surface area contributed by atoms with Crippen LogP contribution in [0, 0.1) is 11.8 Å². The normalized spacial score (nSPS) is 19.3. The number of nitrogens with zero attached hydrogens (tertiary/aromatic N) is 3. The first-order valence-electron chi connectivity index (χ1n) is 19.8. The fourth-order valence-electron chi connectivity index (χ4n) is 6.18. The summed E-state index contributed by atoms with van der Waals surface area (Å²) in [6.07, 6.45) is 2.40. The third-order valence-corrected chi connectivity index (χ3v) is 12.8. The van der Waals surface area contributed by atoms with Crippen molar-refractivity contribution in [1.29, 1.82) is 0 Å². The van der Waals surface area contributed by atoms with Crippen LogP contribution in [0.2, 0.25) is 0 Å². The second-order valence-electron chi connectivity index (χ2n) is 14.1. The Hall–Kier alpha value is -5.00. The van der Waals surface area contributed by atoms with Crippen LogP contribution in [-0.2, 0) is 60.1 Å². The molecule has 0 spiro atoms. The van der Waals surface area contributed by atoms with Gasteiger partial charge >= 0.3 is 35.4 Å². The number of anilines is 1. The van der Waals surface area contributed by atoms with Gasteiger partial charge in [0.2, 0.25) is 5.91 Å². The molecule has 1 fully saturated rings. The number of ether oxygens (including phenoxy) is 5. The average Bonchev–Trinajstić information content (AvgIpc) is 3.82. The summed E-state index contributed by atoms with van der Waals surface area (Å²) in [6.45, 7) is 6.34. The molecule has 1 amide bonds. The molecule has 3 heterocycles. The number of phosphoric ester groups is 1. The molecule has 0 bridgehead atoms. The minimum atomic E-state index is -5.87. The number of carbonyl (C=O) groups excluding carboxylic acids is 3. The Bertz CT molecular complexity index is 2530. The number of carbonyl (C=O) groups is 3. The van der Waals surface area contributed by atoms with Gasteiger partial charge in [-0.3, -0.25) is 9.32 Å². The molecule has 26 nitrogen and oxygen atoms in total. The predicted octanol–water partition coefficient (Wildman–Crippen LogP) is 1.24. The van der Waals surface area contributed by atoms with Crippen molar-refractivity contribution < 1.29 is 84.5 Å². The molecule has 0 saturated carbocycles. The van der Waals surface area contributed by atoms with E-state index in [0.717, 1.165) is 6.33 Å². The lowest BCUT2D eigenvalue weighted by molar-refractivity contribution is -0.137. The molecule has 3 aromatic rings. The zero-order chi connectivity index (χ0) is 49.5. The third kappa shape index (κ3) is 16.6. The van der Waals surface area contributed by atoms with E-state index in [1.165, 1.54) is 35.2 Å². The average molecular weight is 1000 g/mol. The third-order valence-electron chi connectivity index (χ3n) is 8.98. The first-order valence-corrected chi connectivity index (χ1v) is 24.3. The van der Waals surface area contributed by atoms with Crippen LogP contribution in [0.25, 0.3) is 11.0 Å². The summed E-state index contributed by atoms with van der Waals surface area (Å²) in [6, 6.07) is 5.02. The highest BCUT2D eigenvalue weighted by Gasteiger charge is 2.45. The smallest absolute Gasteiger partial charge is 0.456 e. The maximum absolute atomic E-state index is 13.6. The Morgan fingerprint density at radius 3 is 2.43 bits per heavy atom. The summed E-state index contributed by atoms with van der Waals surface area (Å²) < 4.78 is 77.4. The maximum atomic E-state index is 13.6. The molecule has 7 atom stereocenters. The fraction of sp³-hybridized carbons (Fsp3) is 0.395. The van der Waals surface area contributed by atoms with E-state index in [0.29, 0.717) is 24.3 Å². The number of nitrogen functional groups attached to an aromatic ring is 1. The maximum Gasteiger partial charge on any atom is 0.490 e. The number of nitrogens with one attached hydrogen (secondary N) is 1. The van der Waals surface area contributed by atoms with E-state index >= 15 is 0 Å². The molecule has 0 aliphatic carbocycles. The second kappa shape index (κ2) is 24.9. The van der Waals surface area contributed by atoms with Crippen LogP contribution in [0.15, 0.2) is 72.9 Å². The monoisotopic (exact) mass is 1000 g/mol. The minimum absolute atomic E-state index is 0.0296. The highest BCUT2D eigenvalue weighted by molar-refractivity contribution is 7.66. The minimum Gasteiger partial charge on any atom is -0.456 e. The van der Waals surface area contributed by atoms with E-state index in [1.54, 1.807) is 32.0 Å². The van der Waals surface area contributed by atoms with Gasteiger partial charge in [-0.25, -0.2) is 33.3 Å². The van der Waals surface area contributed by atoms with E-state index in [2.05, 4.69) is 42.3 Å². The summed E-state index contributed by atoms with van der Waals surface area (Å²) in [7, 11) is -17.2. The van der Waals surface area contributed by atoms with E-state index in [9.17, 15) is 37.9 Å². The van der Waals surface area contributed by atoms with Crippen molar-refractivity contribution in [2.75, 3.05) is 51.9 Å². The number of hydrogen-bond acceptors (Lipinski definition) is 20. The van der Waals surface area contributed by atoms with Gasteiger partial charge in [0.25, 0.3) is 0 Å². The first-order chi connectivity index (χ1) is 31.6. The number of amides is 1. The predicted molar refractivity (Wildman–Crippen MR) is 235 cm³/mol. The van der Waals surface area contributed by atoms with Crippen LogP contribution in [0.3, 0.4) is 0 Å². The zero-order valence-corrected chi connectivity index (χ0v) is 38.6. The zero-order valence-electron chi connectivity index (χ0n) is 35.9. The number of nitrogens with two attached hydrogens (primary N) is 4. The molecular weight excluding hydrogens is 949 g/mol. The number of fused-ring (bicyclic) bond motifs is 1. The molecule has 366 valence electrons. The molecule has 1 aliphatic rings. The quantitative estimate of drug-likeness (QED) is 0.0152. The lowest BCUT2D eigenvalue weighted by Gasteiger charge is -2.21. The lowest BCUT2D eigenvalue weighted by Crippen LogP contribution is -2.31. The number of aromatic nitrogens is 3. The van der Waals surface area contributed by atoms with Gasteiger partial charge < -0.3 is 76.1 Å². The van der Waals surface area contributed by atoms with Crippen LogP contribution in [0.4, 0.5) is 5.82 Å². The van der Waals surface area contributed by atoms with Crippen molar-refractivity contribution in [1.82, 2.24) is 19.9 Å². The molecule has 67 heavy (non-hydrogen) atoms. The van der Waals surface area contributed by atoms with Gasteiger partial charge in [-0.15, -0.1) is 0 Å². The summed E-state index contributed by atoms with van der Waals surface area (Å²) in [5.41, 5.74) is 24.9. The molecule has 1 aliphatic heterocycles. The van der Waals surface area contributed by atoms with Gasteiger partial charge in [-0.2, -0.15) is 8.62 Å². The largest absolute Gasteiger partial charge is 0.490 e. The van der Waals surface area contributed by atoms with Crippen molar-refractivity contribution in [3.05, 3.63) is 89.6 Å². The van der Waals surface area contributed by atoms with Crippen LogP contribution >= 0.6 is 23.5 Å². The summed E-state index contributed by atoms with van der Waals surface area (Å²) >= 11 is 0. The summed E-state index contributed by atoms with van der Waals surface area (Å²) in [4.78, 5) is 85.1. The van der Waals surface area contributed by atoms with Gasteiger partial charge in [0.15, 0.2) is 6.61 Å². The molecule has 0 radical (unpaired) electrons. The standard InChI is InChI=1S/C38H51N8O18P3/c1-4-26(23(2)40)29(11-13-43-32(47)21-58-17-16-57-15-12-39)37(48)59-14-7-8-25-19-46(36-34(25)35(42)44-22-45-36)33-18-30(62-38(49)28-10-6-5-9-27(28)24(3)41)31(61-33)20-60-66(53,54)64-67(55,56)63-65(50,51)52/h4-6,9-11,13,19,22-24,30-31,33H,1,12,14-18,20-21,39-41H2,2-3H3,(H,43,47)(H,53,54)(H,55,56)(H2,42,44,45)(H2,50,51,52)/b13-11-,29-26-/t23?,24?,30-,31?,33-/m1/s1. The van der Waals surface area contributed by atoms with E-state index in [-0.39, 0.29) is 59.8 Å². The van der Waals surface area contributed by atoms with Gasteiger partial charge in [0.1, 0.15) is 42.8 Å².